The van der Waals surface area contributed by atoms with Gasteiger partial charge in [-0.25, -0.2) is 17.9 Å². The number of amides is 1. The van der Waals surface area contributed by atoms with Crippen molar-refractivity contribution in [3.05, 3.63) is 89.9 Å². The standard InChI is InChI=1S/C25H28N2O6S/c1-25(2,3)27(17-19-8-5-4-6-9-19)23(28)18-33-24(29)20-11-13-22(14-12-20)34(30,31)26-16-21-10-7-15-32-21/h4-15,26H,16-18H2,1-3H3. The molecule has 0 aliphatic heterocycles. The van der Waals surface area contributed by atoms with E-state index >= 15 is 0 Å². The van der Waals surface area contributed by atoms with E-state index in [0.717, 1.165) is 5.56 Å². The highest BCUT2D eigenvalue weighted by Crippen LogP contribution is 2.18. The molecule has 1 heterocycles. The maximum Gasteiger partial charge on any atom is 0.338 e. The highest BCUT2D eigenvalue weighted by atomic mass is 32.2. The van der Waals surface area contributed by atoms with Crippen LogP contribution < -0.4 is 4.72 Å². The average Bonchev–Trinajstić information content (AvgIpc) is 3.33. The lowest BCUT2D eigenvalue weighted by Gasteiger charge is -2.35. The molecule has 0 saturated heterocycles. The molecular formula is C25H28N2O6S. The molecule has 9 heteroatoms. The van der Waals surface area contributed by atoms with Crippen LogP contribution in [0, 0.1) is 0 Å². The molecule has 3 rings (SSSR count). The minimum absolute atomic E-state index is 0.00606. The van der Waals surface area contributed by atoms with Crippen molar-refractivity contribution in [1.29, 1.82) is 0 Å². The van der Waals surface area contributed by atoms with Gasteiger partial charge < -0.3 is 14.1 Å². The van der Waals surface area contributed by atoms with Crippen LogP contribution in [0.3, 0.4) is 0 Å². The van der Waals surface area contributed by atoms with Gasteiger partial charge in [-0.3, -0.25) is 4.79 Å². The lowest BCUT2D eigenvalue weighted by molar-refractivity contribution is -0.140. The first-order chi connectivity index (χ1) is 16.1. The molecule has 1 aromatic heterocycles. The topological polar surface area (TPSA) is 106 Å². The number of carbonyl (C=O) groups is 2. The highest BCUT2D eigenvalue weighted by molar-refractivity contribution is 7.89. The number of benzene rings is 2. The molecular weight excluding hydrogens is 456 g/mol. The second-order valence-electron chi connectivity index (χ2n) is 8.64. The zero-order chi connectivity index (χ0) is 24.8. The van der Waals surface area contributed by atoms with Gasteiger partial charge in [-0.2, -0.15) is 0 Å². The Balaban J connectivity index is 1.59. The van der Waals surface area contributed by atoms with Gasteiger partial charge in [0, 0.05) is 12.1 Å². The number of carbonyl (C=O) groups excluding carboxylic acids is 2. The van der Waals surface area contributed by atoms with Gasteiger partial charge in [0.1, 0.15) is 5.76 Å². The summed E-state index contributed by atoms with van der Waals surface area (Å²) in [4.78, 5) is 26.9. The summed E-state index contributed by atoms with van der Waals surface area (Å²) in [5.41, 5.74) is 0.635. The van der Waals surface area contributed by atoms with E-state index in [1.165, 1.54) is 30.5 Å². The van der Waals surface area contributed by atoms with E-state index < -0.39 is 28.1 Å². The Bertz CT molecular complexity index is 1200. The third-order valence-corrected chi connectivity index (χ3v) is 6.46. The normalized spacial score (nSPS) is 11.7. The van der Waals surface area contributed by atoms with Crippen LogP contribution in [0.1, 0.15) is 42.5 Å². The lowest BCUT2D eigenvalue weighted by Crippen LogP contribution is -2.46. The smallest absolute Gasteiger partial charge is 0.338 e. The predicted octanol–water partition coefficient (Wildman–Crippen LogP) is 3.74. The molecule has 0 spiro atoms. The van der Waals surface area contributed by atoms with E-state index in [9.17, 15) is 18.0 Å². The van der Waals surface area contributed by atoms with Crippen LogP contribution in [0.25, 0.3) is 0 Å². The van der Waals surface area contributed by atoms with Gasteiger partial charge in [-0.1, -0.05) is 30.3 Å². The molecule has 0 aliphatic carbocycles. The van der Waals surface area contributed by atoms with E-state index in [2.05, 4.69) is 4.72 Å². The van der Waals surface area contributed by atoms with Gasteiger partial charge in [0.15, 0.2) is 6.61 Å². The van der Waals surface area contributed by atoms with E-state index in [1.807, 2.05) is 51.1 Å². The minimum Gasteiger partial charge on any atom is -0.468 e. The Kier molecular flexibility index (Phi) is 7.90. The number of hydrogen-bond donors (Lipinski definition) is 1. The third kappa shape index (κ3) is 6.79. The zero-order valence-corrected chi connectivity index (χ0v) is 20.2. The largest absolute Gasteiger partial charge is 0.468 e. The van der Waals surface area contributed by atoms with Crippen molar-refractivity contribution >= 4 is 21.9 Å². The summed E-state index contributed by atoms with van der Waals surface area (Å²) >= 11 is 0. The fourth-order valence-corrected chi connectivity index (χ4v) is 4.18. The van der Waals surface area contributed by atoms with Crippen molar-refractivity contribution in [2.75, 3.05) is 6.61 Å². The van der Waals surface area contributed by atoms with Crippen LogP contribution in [0.4, 0.5) is 0 Å². The molecule has 0 unspecified atom stereocenters. The van der Waals surface area contributed by atoms with E-state index in [0.29, 0.717) is 12.3 Å². The van der Waals surface area contributed by atoms with Gasteiger partial charge in [0.2, 0.25) is 10.0 Å². The molecule has 0 bridgehead atoms. The first-order valence-electron chi connectivity index (χ1n) is 10.7. The van der Waals surface area contributed by atoms with Crippen LogP contribution in [0.5, 0.6) is 0 Å². The predicted molar refractivity (Wildman–Crippen MR) is 126 cm³/mol. The van der Waals surface area contributed by atoms with Gasteiger partial charge >= 0.3 is 5.97 Å². The summed E-state index contributed by atoms with van der Waals surface area (Å²) in [7, 11) is -3.78. The van der Waals surface area contributed by atoms with Gasteiger partial charge in [-0.15, -0.1) is 0 Å². The fraction of sp³-hybridized carbons (Fsp3) is 0.280. The molecule has 2 aromatic carbocycles. The van der Waals surface area contributed by atoms with Crippen LogP contribution in [-0.4, -0.2) is 37.3 Å². The number of nitrogens with one attached hydrogen (secondary N) is 1. The molecule has 1 amide bonds. The van der Waals surface area contributed by atoms with Crippen molar-refractivity contribution in [3.63, 3.8) is 0 Å². The second kappa shape index (κ2) is 10.7. The number of furan rings is 1. The van der Waals surface area contributed by atoms with Crippen molar-refractivity contribution in [1.82, 2.24) is 9.62 Å². The number of nitrogens with zero attached hydrogens (tertiary/aromatic N) is 1. The van der Waals surface area contributed by atoms with Crippen LogP contribution in [-0.2, 0) is 32.6 Å². The van der Waals surface area contributed by atoms with Crippen LogP contribution in [0.15, 0.2) is 82.3 Å². The fourth-order valence-electron chi connectivity index (χ4n) is 3.19. The molecule has 3 aromatic rings. The Morgan fingerprint density at radius 3 is 2.24 bits per heavy atom. The van der Waals surface area contributed by atoms with Crippen LogP contribution in [0.2, 0.25) is 0 Å². The van der Waals surface area contributed by atoms with Crippen molar-refractivity contribution in [3.8, 4) is 0 Å². The zero-order valence-electron chi connectivity index (χ0n) is 19.4. The maximum absolute atomic E-state index is 12.8. The maximum atomic E-state index is 12.8. The molecule has 0 radical (unpaired) electrons. The molecule has 0 fully saturated rings. The quantitative estimate of drug-likeness (QED) is 0.464. The summed E-state index contributed by atoms with van der Waals surface area (Å²) < 4.78 is 37.6. The van der Waals surface area contributed by atoms with Gasteiger partial charge in [0.05, 0.1) is 23.3 Å². The second-order valence-corrected chi connectivity index (χ2v) is 10.4. The van der Waals surface area contributed by atoms with Crippen LogP contribution >= 0.6 is 0 Å². The molecule has 0 atom stereocenters. The lowest BCUT2D eigenvalue weighted by atomic mass is 10.0. The summed E-state index contributed by atoms with van der Waals surface area (Å²) in [6, 6.07) is 18.2. The Hall–Kier alpha value is -3.43. The summed E-state index contributed by atoms with van der Waals surface area (Å²) in [5.74, 6) is -0.564. The van der Waals surface area contributed by atoms with E-state index in [-0.39, 0.29) is 22.9 Å². The monoisotopic (exact) mass is 484 g/mol. The third-order valence-electron chi connectivity index (χ3n) is 5.04. The first kappa shape index (κ1) is 25.2. The first-order valence-corrected chi connectivity index (χ1v) is 12.2. The Morgan fingerprint density at radius 1 is 0.971 bits per heavy atom. The number of ether oxygens (including phenoxy) is 1. The number of rotatable bonds is 9. The number of sulfonamides is 1. The van der Waals surface area contributed by atoms with E-state index in [4.69, 9.17) is 9.15 Å². The molecule has 34 heavy (non-hydrogen) atoms. The minimum atomic E-state index is -3.78. The average molecular weight is 485 g/mol. The van der Waals surface area contributed by atoms with Crippen molar-refractivity contribution < 1.29 is 27.2 Å². The number of esters is 1. The van der Waals surface area contributed by atoms with Gasteiger partial charge in [-0.05, 0) is 62.7 Å². The number of hydrogen-bond acceptors (Lipinski definition) is 6. The van der Waals surface area contributed by atoms with Crippen molar-refractivity contribution in [2.45, 2.75) is 44.3 Å². The summed E-state index contributed by atoms with van der Waals surface area (Å²) in [6.07, 6.45) is 1.46. The van der Waals surface area contributed by atoms with E-state index in [1.54, 1.807) is 17.0 Å². The molecule has 1 N–H and O–H groups in total. The molecule has 180 valence electrons. The molecule has 0 saturated carbocycles. The van der Waals surface area contributed by atoms with Crippen molar-refractivity contribution in [2.24, 2.45) is 0 Å². The Labute approximate surface area is 199 Å². The summed E-state index contributed by atoms with van der Waals surface area (Å²) in [5, 5.41) is 0. The summed E-state index contributed by atoms with van der Waals surface area (Å²) in [6.45, 7) is 5.71. The molecule has 8 nitrogen and oxygen atoms in total. The molecule has 0 aliphatic rings. The highest BCUT2D eigenvalue weighted by Gasteiger charge is 2.27. The Morgan fingerprint density at radius 2 is 1.65 bits per heavy atom. The van der Waals surface area contributed by atoms with Gasteiger partial charge in [0.25, 0.3) is 5.91 Å². The SMILES string of the molecule is CC(C)(C)N(Cc1ccccc1)C(=O)COC(=O)c1ccc(S(=O)(=O)NCc2ccco2)cc1.